The molecule has 1 aliphatic heterocycles. The number of nitrogens with one attached hydrogen (secondary N) is 1. The molecule has 0 radical (unpaired) electrons. The van der Waals surface area contributed by atoms with Gasteiger partial charge in [0.15, 0.2) is 0 Å². The molecular formula is C20H24N4O. The molecule has 1 aromatic carbocycles. The van der Waals surface area contributed by atoms with Gasteiger partial charge < -0.3 is 10.2 Å². The molecule has 2 aromatic rings. The zero-order valence-electron chi connectivity index (χ0n) is 14.7. The Hall–Kier alpha value is -2.43. The van der Waals surface area contributed by atoms with E-state index in [0.29, 0.717) is 24.1 Å². The molecule has 1 aromatic heterocycles. The van der Waals surface area contributed by atoms with Gasteiger partial charge in [0.2, 0.25) is 0 Å². The highest BCUT2D eigenvalue weighted by atomic mass is 16.2. The minimum absolute atomic E-state index is 0.00512. The fraction of sp³-hybridized carbons (Fsp3) is 0.450. The van der Waals surface area contributed by atoms with Crippen LogP contribution in [0.4, 0.5) is 5.82 Å². The first kappa shape index (κ1) is 16.1. The lowest BCUT2D eigenvalue weighted by atomic mass is 10.00. The fourth-order valence-corrected chi connectivity index (χ4v) is 3.86. The van der Waals surface area contributed by atoms with Crippen molar-refractivity contribution in [3.8, 4) is 0 Å². The second-order valence-corrected chi connectivity index (χ2v) is 7.06. The summed E-state index contributed by atoms with van der Waals surface area (Å²) in [5.74, 6) is 1.42. The maximum Gasteiger partial charge on any atom is 0.272 e. The van der Waals surface area contributed by atoms with Crippen molar-refractivity contribution in [1.82, 2.24) is 14.9 Å². The van der Waals surface area contributed by atoms with Crippen molar-refractivity contribution in [2.75, 3.05) is 11.9 Å². The predicted molar refractivity (Wildman–Crippen MR) is 97.5 cm³/mol. The molecule has 0 spiro atoms. The van der Waals surface area contributed by atoms with Gasteiger partial charge in [-0.05, 0) is 37.3 Å². The molecule has 0 atom stereocenters. The van der Waals surface area contributed by atoms with Crippen LogP contribution in [0.15, 0.2) is 30.3 Å². The molecule has 0 saturated heterocycles. The van der Waals surface area contributed by atoms with E-state index in [1.165, 1.54) is 36.8 Å². The van der Waals surface area contributed by atoms with Crippen LogP contribution in [0, 0.1) is 6.92 Å². The van der Waals surface area contributed by atoms with Gasteiger partial charge in [-0.15, -0.1) is 0 Å². The number of aromatic nitrogens is 2. The number of fused-ring (bicyclic) bond motifs is 1. The van der Waals surface area contributed by atoms with Crippen LogP contribution >= 0.6 is 0 Å². The van der Waals surface area contributed by atoms with Crippen LogP contribution < -0.4 is 5.32 Å². The average molecular weight is 336 g/mol. The molecule has 2 aliphatic rings. The Morgan fingerprint density at radius 1 is 1.16 bits per heavy atom. The molecule has 5 heteroatoms. The van der Waals surface area contributed by atoms with Gasteiger partial charge in [-0.25, -0.2) is 9.97 Å². The van der Waals surface area contributed by atoms with E-state index in [1.807, 2.05) is 24.0 Å². The number of carbonyl (C=O) groups is 1. The molecule has 1 saturated carbocycles. The summed E-state index contributed by atoms with van der Waals surface area (Å²) in [6, 6.07) is 10.6. The SMILES string of the molecule is Cc1nc(NC2CCCC2)cc(C(=O)N2CCc3ccccc3C2)n1. The van der Waals surface area contributed by atoms with Gasteiger partial charge in [-0.3, -0.25) is 4.79 Å². The monoisotopic (exact) mass is 336 g/mol. The number of nitrogens with zero attached hydrogens (tertiary/aromatic N) is 3. The number of rotatable bonds is 3. The zero-order valence-corrected chi connectivity index (χ0v) is 14.7. The lowest BCUT2D eigenvalue weighted by Gasteiger charge is -2.28. The summed E-state index contributed by atoms with van der Waals surface area (Å²) in [5, 5.41) is 3.47. The zero-order chi connectivity index (χ0) is 17.2. The van der Waals surface area contributed by atoms with Gasteiger partial charge in [0.05, 0.1) is 0 Å². The predicted octanol–water partition coefficient (Wildman–Crippen LogP) is 3.34. The van der Waals surface area contributed by atoms with E-state index < -0.39 is 0 Å². The molecule has 25 heavy (non-hydrogen) atoms. The van der Waals surface area contributed by atoms with Gasteiger partial charge in [0, 0.05) is 25.2 Å². The van der Waals surface area contributed by atoms with Crippen molar-refractivity contribution < 1.29 is 4.79 Å². The largest absolute Gasteiger partial charge is 0.367 e. The van der Waals surface area contributed by atoms with Crippen LogP contribution in [0.25, 0.3) is 0 Å². The van der Waals surface area contributed by atoms with Crippen LogP contribution in [0.5, 0.6) is 0 Å². The first-order valence-corrected chi connectivity index (χ1v) is 9.17. The number of hydrogen-bond acceptors (Lipinski definition) is 4. The van der Waals surface area contributed by atoms with Gasteiger partial charge >= 0.3 is 0 Å². The Balaban J connectivity index is 1.53. The number of hydrogen-bond donors (Lipinski definition) is 1. The van der Waals surface area contributed by atoms with Gasteiger partial charge in [0.1, 0.15) is 17.3 Å². The molecule has 1 aliphatic carbocycles. The Labute approximate surface area is 148 Å². The molecule has 4 rings (SSSR count). The lowest BCUT2D eigenvalue weighted by Crippen LogP contribution is -2.36. The van der Waals surface area contributed by atoms with Crippen LogP contribution in [0.3, 0.4) is 0 Å². The maximum absolute atomic E-state index is 13.0. The normalized spacial score (nSPS) is 17.4. The Kier molecular flexibility index (Phi) is 4.38. The Morgan fingerprint density at radius 3 is 2.72 bits per heavy atom. The van der Waals surface area contributed by atoms with Crippen LogP contribution in [-0.2, 0) is 13.0 Å². The average Bonchev–Trinajstić information content (AvgIpc) is 3.13. The van der Waals surface area contributed by atoms with E-state index in [1.54, 1.807) is 0 Å². The second-order valence-electron chi connectivity index (χ2n) is 7.06. The van der Waals surface area contributed by atoms with Crippen LogP contribution in [0.2, 0.25) is 0 Å². The molecule has 0 unspecified atom stereocenters. The third-order valence-electron chi connectivity index (χ3n) is 5.18. The van der Waals surface area contributed by atoms with E-state index in [0.717, 1.165) is 18.8 Å². The summed E-state index contributed by atoms with van der Waals surface area (Å²) in [6.07, 6.45) is 5.78. The van der Waals surface area contributed by atoms with Crippen molar-refractivity contribution in [2.45, 2.75) is 51.6 Å². The summed E-state index contributed by atoms with van der Waals surface area (Å²) < 4.78 is 0. The smallest absolute Gasteiger partial charge is 0.272 e. The van der Waals surface area contributed by atoms with Crippen molar-refractivity contribution in [1.29, 1.82) is 0 Å². The number of benzene rings is 1. The fourth-order valence-electron chi connectivity index (χ4n) is 3.86. The summed E-state index contributed by atoms with van der Waals surface area (Å²) in [7, 11) is 0. The van der Waals surface area contributed by atoms with Crippen molar-refractivity contribution >= 4 is 11.7 Å². The van der Waals surface area contributed by atoms with Crippen molar-refractivity contribution in [2.24, 2.45) is 0 Å². The van der Waals surface area contributed by atoms with Crippen molar-refractivity contribution in [3.05, 3.63) is 53.0 Å². The highest BCUT2D eigenvalue weighted by Gasteiger charge is 2.24. The summed E-state index contributed by atoms with van der Waals surface area (Å²) in [4.78, 5) is 23.7. The Bertz CT molecular complexity index is 783. The van der Waals surface area contributed by atoms with E-state index >= 15 is 0 Å². The topological polar surface area (TPSA) is 58.1 Å². The third-order valence-corrected chi connectivity index (χ3v) is 5.18. The number of aryl methyl sites for hydroxylation is 1. The lowest BCUT2D eigenvalue weighted by molar-refractivity contribution is 0.0728. The van der Waals surface area contributed by atoms with Gasteiger partial charge in [0.25, 0.3) is 5.91 Å². The molecule has 1 N–H and O–H groups in total. The number of amides is 1. The molecule has 2 heterocycles. The highest BCUT2D eigenvalue weighted by Crippen LogP contribution is 2.23. The summed E-state index contributed by atoms with van der Waals surface area (Å²) >= 11 is 0. The van der Waals surface area contributed by atoms with E-state index in [2.05, 4.69) is 33.5 Å². The molecule has 1 fully saturated rings. The minimum Gasteiger partial charge on any atom is -0.367 e. The quantitative estimate of drug-likeness (QED) is 0.934. The van der Waals surface area contributed by atoms with E-state index in [4.69, 9.17) is 0 Å². The first-order valence-electron chi connectivity index (χ1n) is 9.17. The Morgan fingerprint density at radius 2 is 1.92 bits per heavy atom. The molecule has 5 nitrogen and oxygen atoms in total. The maximum atomic E-state index is 13.0. The molecule has 0 bridgehead atoms. The van der Waals surface area contributed by atoms with Crippen LogP contribution in [-0.4, -0.2) is 33.4 Å². The van der Waals surface area contributed by atoms with Crippen molar-refractivity contribution in [3.63, 3.8) is 0 Å². The third kappa shape index (κ3) is 3.50. The number of anilines is 1. The minimum atomic E-state index is -0.00512. The first-order chi connectivity index (χ1) is 12.2. The molecule has 130 valence electrons. The van der Waals surface area contributed by atoms with Gasteiger partial charge in [-0.1, -0.05) is 37.1 Å². The summed E-state index contributed by atoms with van der Waals surface area (Å²) in [5.41, 5.74) is 3.07. The molecule has 1 amide bonds. The van der Waals surface area contributed by atoms with E-state index in [9.17, 15) is 4.79 Å². The van der Waals surface area contributed by atoms with Crippen LogP contribution in [0.1, 0.15) is 53.1 Å². The van der Waals surface area contributed by atoms with Gasteiger partial charge in [-0.2, -0.15) is 0 Å². The summed E-state index contributed by atoms with van der Waals surface area (Å²) in [6.45, 7) is 3.25. The highest BCUT2D eigenvalue weighted by molar-refractivity contribution is 5.93. The second kappa shape index (κ2) is 6.82. The van der Waals surface area contributed by atoms with E-state index in [-0.39, 0.29) is 5.91 Å². The standard InChI is InChI=1S/C20H24N4O/c1-14-21-18(12-19(22-14)23-17-8-4-5-9-17)20(25)24-11-10-15-6-2-3-7-16(15)13-24/h2-3,6-7,12,17H,4-5,8-11,13H2,1H3,(H,21,22,23). The molecular weight excluding hydrogens is 312 g/mol. The number of carbonyl (C=O) groups excluding carboxylic acids is 1.